The van der Waals surface area contributed by atoms with E-state index in [4.69, 9.17) is 9.47 Å². The average molecular weight is 437 g/mol. The minimum Gasteiger partial charge on any atom is -0.497 e. The van der Waals surface area contributed by atoms with Crippen molar-refractivity contribution in [2.45, 2.75) is 57.6 Å². The number of hydrogen-bond acceptors (Lipinski definition) is 4. The normalized spacial score (nSPS) is 19.8. The molecular formula is C27H36N2O3. The van der Waals surface area contributed by atoms with Gasteiger partial charge in [0.05, 0.1) is 7.11 Å². The van der Waals surface area contributed by atoms with Crippen molar-refractivity contribution in [3.63, 3.8) is 0 Å². The molecule has 172 valence electrons. The molecule has 0 aliphatic carbocycles. The molecule has 1 fully saturated rings. The first kappa shape index (κ1) is 22.7. The minimum absolute atomic E-state index is 0.168. The lowest BCUT2D eigenvalue weighted by molar-refractivity contribution is -0.131. The zero-order chi connectivity index (χ0) is 22.6. The summed E-state index contributed by atoms with van der Waals surface area (Å²) in [4.78, 5) is 17.4. The predicted molar refractivity (Wildman–Crippen MR) is 127 cm³/mol. The van der Waals surface area contributed by atoms with Crippen LogP contribution in [0.15, 0.2) is 48.5 Å². The smallest absolute Gasteiger partial charge is 0.223 e. The summed E-state index contributed by atoms with van der Waals surface area (Å²) in [5, 5.41) is 0. The van der Waals surface area contributed by atoms with Crippen LogP contribution in [0.1, 0.15) is 56.6 Å². The van der Waals surface area contributed by atoms with Crippen LogP contribution in [-0.2, 0) is 11.3 Å². The van der Waals surface area contributed by atoms with E-state index < -0.39 is 0 Å². The summed E-state index contributed by atoms with van der Waals surface area (Å²) in [6, 6.07) is 16.7. The SMILES string of the molecule is CCN(CC)C(=O)CC1CC2(CCN(Cc3ccc(OC)cc3)CC2)Oc2ccccc21. The van der Waals surface area contributed by atoms with Gasteiger partial charge in [-0.05, 0) is 62.4 Å². The van der Waals surface area contributed by atoms with Crippen molar-refractivity contribution in [3.05, 3.63) is 59.7 Å². The standard InChI is InChI=1S/C27H36N2O3/c1-4-29(5-2)26(30)18-22-19-27(32-25-9-7-6-8-24(22)25)14-16-28(17-15-27)20-21-10-12-23(31-3)13-11-21/h6-13,22H,4-5,14-20H2,1-3H3. The quantitative estimate of drug-likeness (QED) is 0.622. The number of carbonyl (C=O) groups excluding carboxylic acids is 1. The maximum absolute atomic E-state index is 12.9. The number of likely N-dealkylation sites (tertiary alicyclic amines) is 1. The van der Waals surface area contributed by atoms with Gasteiger partial charge in [0.1, 0.15) is 17.1 Å². The molecule has 2 aromatic rings. The third-order valence-electron chi connectivity index (χ3n) is 7.17. The number of amides is 1. The van der Waals surface area contributed by atoms with Gasteiger partial charge in [-0.25, -0.2) is 0 Å². The van der Waals surface area contributed by atoms with Crippen molar-refractivity contribution in [2.75, 3.05) is 33.3 Å². The fraction of sp³-hybridized carbons (Fsp3) is 0.519. The maximum Gasteiger partial charge on any atom is 0.223 e. The Morgan fingerprint density at radius 2 is 1.78 bits per heavy atom. The molecule has 2 heterocycles. The van der Waals surface area contributed by atoms with Crippen LogP contribution in [0, 0.1) is 0 Å². The lowest BCUT2D eigenvalue weighted by Gasteiger charge is -2.47. The summed E-state index contributed by atoms with van der Waals surface area (Å²) < 4.78 is 11.9. The summed E-state index contributed by atoms with van der Waals surface area (Å²) in [5.41, 5.74) is 2.33. The molecule has 0 N–H and O–H groups in total. The molecule has 2 aromatic carbocycles. The highest BCUT2D eigenvalue weighted by atomic mass is 16.5. The van der Waals surface area contributed by atoms with Crippen molar-refractivity contribution < 1.29 is 14.3 Å². The van der Waals surface area contributed by atoms with Crippen molar-refractivity contribution in [2.24, 2.45) is 0 Å². The van der Waals surface area contributed by atoms with Crippen LogP contribution in [0.4, 0.5) is 0 Å². The molecule has 1 unspecified atom stereocenters. The molecular weight excluding hydrogens is 400 g/mol. The van der Waals surface area contributed by atoms with Crippen LogP contribution in [0.25, 0.3) is 0 Å². The molecule has 1 spiro atoms. The van der Waals surface area contributed by atoms with Crippen LogP contribution in [0.3, 0.4) is 0 Å². The third kappa shape index (κ3) is 4.93. The van der Waals surface area contributed by atoms with Gasteiger partial charge in [-0.2, -0.15) is 0 Å². The number of carbonyl (C=O) groups is 1. The van der Waals surface area contributed by atoms with Gasteiger partial charge in [0.25, 0.3) is 0 Å². The van der Waals surface area contributed by atoms with Gasteiger partial charge in [-0.1, -0.05) is 30.3 Å². The summed E-state index contributed by atoms with van der Waals surface area (Å²) >= 11 is 0. The molecule has 2 aliphatic rings. The molecule has 1 amide bonds. The van der Waals surface area contributed by atoms with E-state index in [1.165, 1.54) is 11.1 Å². The highest BCUT2D eigenvalue weighted by molar-refractivity contribution is 5.77. The number of nitrogens with zero attached hydrogens (tertiary/aromatic N) is 2. The lowest BCUT2D eigenvalue weighted by atomic mass is 9.76. The van der Waals surface area contributed by atoms with Crippen LogP contribution in [-0.4, -0.2) is 54.6 Å². The van der Waals surface area contributed by atoms with Gasteiger partial charge < -0.3 is 14.4 Å². The molecule has 0 aromatic heterocycles. The number of rotatable bonds is 7. The number of methoxy groups -OCH3 is 1. The van der Waals surface area contributed by atoms with Gasteiger partial charge >= 0.3 is 0 Å². The van der Waals surface area contributed by atoms with Gasteiger partial charge in [0, 0.05) is 45.1 Å². The zero-order valence-corrected chi connectivity index (χ0v) is 19.7. The number of hydrogen-bond donors (Lipinski definition) is 0. The van der Waals surface area contributed by atoms with Gasteiger partial charge in [-0.3, -0.25) is 9.69 Å². The fourth-order valence-corrected chi connectivity index (χ4v) is 5.26. The first-order chi connectivity index (χ1) is 15.6. The van der Waals surface area contributed by atoms with Crippen LogP contribution in [0.5, 0.6) is 11.5 Å². The zero-order valence-electron chi connectivity index (χ0n) is 19.7. The lowest BCUT2D eigenvalue weighted by Crippen LogP contribution is -2.50. The van der Waals surface area contributed by atoms with E-state index in [1.807, 2.05) is 23.1 Å². The molecule has 1 atom stereocenters. The fourth-order valence-electron chi connectivity index (χ4n) is 5.26. The average Bonchev–Trinajstić information content (AvgIpc) is 2.82. The van der Waals surface area contributed by atoms with Crippen LogP contribution < -0.4 is 9.47 Å². The Bertz CT molecular complexity index is 899. The highest BCUT2D eigenvalue weighted by Gasteiger charge is 2.43. The molecule has 32 heavy (non-hydrogen) atoms. The van der Waals surface area contributed by atoms with Crippen molar-refractivity contribution in [1.29, 1.82) is 0 Å². The number of piperidine rings is 1. The third-order valence-corrected chi connectivity index (χ3v) is 7.17. The Morgan fingerprint density at radius 3 is 2.44 bits per heavy atom. The Morgan fingerprint density at radius 1 is 1.09 bits per heavy atom. The van der Waals surface area contributed by atoms with E-state index in [2.05, 4.69) is 49.1 Å². The number of benzene rings is 2. The van der Waals surface area contributed by atoms with Crippen LogP contribution in [0.2, 0.25) is 0 Å². The summed E-state index contributed by atoms with van der Waals surface area (Å²) in [5.74, 6) is 2.34. The van der Waals surface area contributed by atoms with Gasteiger partial charge in [-0.15, -0.1) is 0 Å². The Kier molecular flexibility index (Phi) is 7.04. The number of fused-ring (bicyclic) bond motifs is 1. The monoisotopic (exact) mass is 436 g/mol. The van der Waals surface area contributed by atoms with Crippen molar-refractivity contribution >= 4 is 5.91 Å². The molecule has 1 saturated heterocycles. The molecule has 5 nitrogen and oxygen atoms in total. The molecule has 0 radical (unpaired) electrons. The first-order valence-corrected chi connectivity index (χ1v) is 12.0. The first-order valence-electron chi connectivity index (χ1n) is 12.0. The maximum atomic E-state index is 12.9. The van der Waals surface area contributed by atoms with E-state index >= 15 is 0 Å². The van der Waals surface area contributed by atoms with Crippen LogP contribution >= 0.6 is 0 Å². The second-order valence-electron chi connectivity index (χ2n) is 9.12. The Hall–Kier alpha value is -2.53. The molecule has 0 bridgehead atoms. The van der Waals surface area contributed by atoms with E-state index in [9.17, 15) is 4.79 Å². The van der Waals surface area contributed by atoms with E-state index in [1.54, 1.807) is 7.11 Å². The van der Waals surface area contributed by atoms with E-state index in [-0.39, 0.29) is 17.4 Å². The van der Waals surface area contributed by atoms with Crippen molar-refractivity contribution in [1.82, 2.24) is 9.80 Å². The second-order valence-corrected chi connectivity index (χ2v) is 9.12. The summed E-state index contributed by atoms with van der Waals surface area (Å²) in [7, 11) is 1.70. The molecule has 5 heteroatoms. The second kappa shape index (κ2) is 9.95. The van der Waals surface area contributed by atoms with E-state index in [0.717, 1.165) is 63.5 Å². The largest absolute Gasteiger partial charge is 0.497 e. The molecule has 0 saturated carbocycles. The van der Waals surface area contributed by atoms with Gasteiger partial charge in [0.15, 0.2) is 0 Å². The molecule has 4 rings (SSSR count). The predicted octanol–water partition coefficient (Wildman–Crippen LogP) is 4.85. The summed E-state index contributed by atoms with van der Waals surface area (Å²) in [6.45, 7) is 8.60. The van der Waals surface area contributed by atoms with E-state index in [0.29, 0.717) is 6.42 Å². The van der Waals surface area contributed by atoms with Crippen molar-refractivity contribution in [3.8, 4) is 11.5 Å². The molecule has 2 aliphatic heterocycles. The Labute approximate surface area is 192 Å². The highest BCUT2D eigenvalue weighted by Crippen LogP contribution is 2.46. The Balaban J connectivity index is 1.44. The topological polar surface area (TPSA) is 42.0 Å². The number of ether oxygens (including phenoxy) is 2. The van der Waals surface area contributed by atoms with Gasteiger partial charge in [0.2, 0.25) is 5.91 Å². The summed E-state index contributed by atoms with van der Waals surface area (Å²) in [6.07, 6.45) is 3.48. The minimum atomic E-state index is -0.168. The number of para-hydroxylation sites is 1.